The molecule has 3 heterocycles. The third kappa shape index (κ3) is 4.97. The number of nitrogens with zero attached hydrogens (tertiary/aromatic N) is 1. The molecule has 0 aliphatic carbocycles. The summed E-state index contributed by atoms with van der Waals surface area (Å²) in [5.41, 5.74) is 2.34. The molecule has 0 bridgehead atoms. The summed E-state index contributed by atoms with van der Waals surface area (Å²) in [6.07, 6.45) is 0.954. The Morgan fingerprint density at radius 3 is 2.77 bits per heavy atom. The van der Waals surface area contributed by atoms with Crippen molar-refractivity contribution in [1.29, 1.82) is 0 Å². The molecule has 0 radical (unpaired) electrons. The van der Waals surface area contributed by atoms with Crippen LogP contribution in [0.2, 0.25) is 0 Å². The van der Waals surface area contributed by atoms with E-state index in [2.05, 4.69) is 24.1 Å². The maximum absolute atomic E-state index is 12.8. The number of hydrogen-bond acceptors (Lipinski definition) is 7. The fourth-order valence-corrected chi connectivity index (χ4v) is 5.06. The largest absolute Gasteiger partial charge is 0.462 e. The molecule has 2 aliphatic heterocycles. The molecule has 1 aromatic carbocycles. The molecule has 168 valence electrons. The highest BCUT2D eigenvalue weighted by atomic mass is 35.5. The molecular weight excluding hydrogens is 440 g/mol. The van der Waals surface area contributed by atoms with Gasteiger partial charge in [0.05, 0.1) is 18.6 Å². The van der Waals surface area contributed by atoms with E-state index in [1.807, 2.05) is 12.1 Å². The smallest absolute Gasteiger partial charge is 0.341 e. The van der Waals surface area contributed by atoms with Crippen molar-refractivity contribution in [1.82, 2.24) is 4.90 Å². The number of hydrogen-bond donors (Lipinski definition) is 1. The maximum atomic E-state index is 12.8. The van der Waals surface area contributed by atoms with Crippen molar-refractivity contribution in [2.45, 2.75) is 46.2 Å². The standard InChI is InChI=1S/C22H26N2O5S.ClH/c1-4-27-22(26)20-15-7-8-24(13(2)3)11-18(15)30-21(20)23-19(25)10-14-5-6-16-17(9-14)29-12-28-16;/h5-6,9,13H,4,7-8,10-12H2,1-3H3,(H,23,25);1H. The zero-order chi connectivity index (χ0) is 21.3. The Bertz CT molecular complexity index is 975. The molecule has 0 saturated carbocycles. The zero-order valence-corrected chi connectivity index (χ0v) is 19.5. The van der Waals surface area contributed by atoms with Crippen molar-refractivity contribution in [3.8, 4) is 11.5 Å². The Hall–Kier alpha value is -2.29. The molecule has 9 heteroatoms. The SMILES string of the molecule is CCOC(=O)c1c(NC(=O)Cc2ccc3c(c2)OCO3)sc2c1CCN(C(C)C)C2.Cl. The van der Waals surface area contributed by atoms with E-state index in [1.165, 1.54) is 11.3 Å². The van der Waals surface area contributed by atoms with Crippen LogP contribution in [0.3, 0.4) is 0 Å². The van der Waals surface area contributed by atoms with Crippen LogP contribution < -0.4 is 14.8 Å². The lowest BCUT2D eigenvalue weighted by Crippen LogP contribution is -2.35. The molecule has 7 nitrogen and oxygen atoms in total. The minimum atomic E-state index is -0.369. The number of fused-ring (bicyclic) bond motifs is 2. The molecular formula is C22H27ClN2O5S. The predicted octanol–water partition coefficient (Wildman–Crippen LogP) is 4.02. The first kappa shape index (κ1) is 23.4. The van der Waals surface area contributed by atoms with Crippen LogP contribution in [0.1, 0.15) is 47.1 Å². The number of esters is 1. The van der Waals surface area contributed by atoms with Gasteiger partial charge in [-0.1, -0.05) is 6.07 Å². The van der Waals surface area contributed by atoms with Gasteiger partial charge in [0, 0.05) is 24.0 Å². The highest BCUT2D eigenvalue weighted by Gasteiger charge is 2.30. The van der Waals surface area contributed by atoms with Crippen LogP contribution in [-0.4, -0.2) is 42.8 Å². The molecule has 4 rings (SSSR count). The van der Waals surface area contributed by atoms with Crippen LogP contribution in [0, 0.1) is 0 Å². The average molecular weight is 467 g/mol. The molecule has 31 heavy (non-hydrogen) atoms. The van der Waals surface area contributed by atoms with Crippen molar-refractivity contribution < 1.29 is 23.8 Å². The summed E-state index contributed by atoms with van der Waals surface area (Å²) in [5.74, 6) is 0.780. The maximum Gasteiger partial charge on any atom is 0.341 e. The summed E-state index contributed by atoms with van der Waals surface area (Å²) in [6, 6.07) is 5.89. The summed E-state index contributed by atoms with van der Waals surface area (Å²) in [4.78, 5) is 28.9. The van der Waals surface area contributed by atoms with Gasteiger partial charge in [-0.2, -0.15) is 0 Å². The Morgan fingerprint density at radius 2 is 2.03 bits per heavy atom. The first-order valence-electron chi connectivity index (χ1n) is 10.2. The molecule has 0 unspecified atom stereocenters. The number of amides is 1. The Kier molecular flexibility index (Phi) is 7.46. The Balaban J connectivity index is 0.00000272. The highest BCUT2D eigenvalue weighted by molar-refractivity contribution is 7.17. The van der Waals surface area contributed by atoms with E-state index in [0.29, 0.717) is 34.7 Å². The van der Waals surface area contributed by atoms with E-state index in [4.69, 9.17) is 14.2 Å². The third-order valence-electron chi connectivity index (χ3n) is 5.35. The number of ether oxygens (including phenoxy) is 3. The summed E-state index contributed by atoms with van der Waals surface area (Å²) in [7, 11) is 0. The second-order valence-corrected chi connectivity index (χ2v) is 8.76. The van der Waals surface area contributed by atoms with Gasteiger partial charge >= 0.3 is 5.97 Å². The quantitative estimate of drug-likeness (QED) is 0.648. The van der Waals surface area contributed by atoms with Crippen LogP contribution in [0.4, 0.5) is 5.00 Å². The van der Waals surface area contributed by atoms with E-state index in [0.717, 1.165) is 35.5 Å². The lowest BCUT2D eigenvalue weighted by atomic mass is 10.0. The van der Waals surface area contributed by atoms with Crippen LogP contribution in [0.15, 0.2) is 18.2 Å². The lowest BCUT2D eigenvalue weighted by Gasteiger charge is -2.30. The summed E-state index contributed by atoms with van der Waals surface area (Å²) in [6.45, 7) is 8.28. The van der Waals surface area contributed by atoms with Crippen molar-refractivity contribution >= 4 is 40.6 Å². The molecule has 0 saturated heterocycles. The Labute approximate surface area is 192 Å². The minimum Gasteiger partial charge on any atom is -0.462 e. The van der Waals surface area contributed by atoms with Crippen LogP contribution in [0.5, 0.6) is 11.5 Å². The zero-order valence-electron chi connectivity index (χ0n) is 17.9. The normalized spacial score (nSPS) is 14.7. The fourth-order valence-electron chi connectivity index (χ4n) is 3.78. The van der Waals surface area contributed by atoms with Crippen LogP contribution >= 0.6 is 23.7 Å². The van der Waals surface area contributed by atoms with Gasteiger partial charge in [0.1, 0.15) is 5.00 Å². The lowest BCUT2D eigenvalue weighted by molar-refractivity contribution is -0.115. The molecule has 1 N–H and O–H groups in total. The number of thiophene rings is 1. The van der Waals surface area contributed by atoms with E-state index in [1.54, 1.807) is 13.0 Å². The van der Waals surface area contributed by atoms with E-state index in [9.17, 15) is 9.59 Å². The second kappa shape index (κ2) is 9.89. The summed E-state index contributed by atoms with van der Waals surface area (Å²) < 4.78 is 16.0. The van der Waals surface area contributed by atoms with Crippen molar-refractivity contribution in [2.75, 3.05) is 25.3 Å². The molecule has 1 aromatic heterocycles. The van der Waals surface area contributed by atoms with Gasteiger partial charge in [-0.05, 0) is 50.5 Å². The molecule has 1 amide bonds. The molecule has 2 aliphatic rings. The van der Waals surface area contributed by atoms with Gasteiger partial charge in [-0.3, -0.25) is 9.69 Å². The van der Waals surface area contributed by atoms with E-state index < -0.39 is 0 Å². The number of halogens is 1. The first-order valence-corrected chi connectivity index (χ1v) is 11.0. The fraction of sp³-hybridized carbons (Fsp3) is 0.455. The van der Waals surface area contributed by atoms with Crippen molar-refractivity contribution in [3.63, 3.8) is 0 Å². The number of benzene rings is 1. The summed E-state index contributed by atoms with van der Waals surface area (Å²) >= 11 is 1.48. The number of nitrogens with one attached hydrogen (secondary N) is 1. The molecule has 0 atom stereocenters. The van der Waals surface area contributed by atoms with Gasteiger partial charge in [-0.15, -0.1) is 23.7 Å². The number of carbonyl (C=O) groups is 2. The topological polar surface area (TPSA) is 77.1 Å². The predicted molar refractivity (Wildman–Crippen MR) is 122 cm³/mol. The highest BCUT2D eigenvalue weighted by Crippen LogP contribution is 2.38. The monoisotopic (exact) mass is 466 g/mol. The molecule has 0 fully saturated rings. The number of rotatable bonds is 6. The van der Waals surface area contributed by atoms with Gasteiger partial charge in [0.25, 0.3) is 0 Å². The van der Waals surface area contributed by atoms with Crippen LogP contribution in [0.25, 0.3) is 0 Å². The van der Waals surface area contributed by atoms with Gasteiger partial charge < -0.3 is 19.5 Å². The number of anilines is 1. The average Bonchev–Trinajstić information content (AvgIpc) is 3.30. The van der Waals surface area contributed by atoms with E-state index >= 15 is 0 Å². The second-order valence-electron chi connectivity index (χ2n) is 7.66. The van der Waals surface area contributed by atoms with Gasteiger partial charge in [-0.25, -0.2) is 4.79 Å². The summed E-state index contributed by atoms with van der Waals surface area (Å²) in [5, 5.41) is 3.53. The molecule has 2 aromatic rings. The number of carbonyl (C=O) groups excluding carboxylic acids is 2. The first-order chi connectivity index (χ1) is 14.5. The van der Waals surface area contributed by atoms with Crippen molar-refractivity contribution in [3.05, 3.63) is 39.8 Å². The minimum absolute atomic E-state index is 0. The van der Waals surface area contributed by atoms with Crippen molar-refractivity contribution in [2.24, 2.45) is 0 Å². The van der Waals surface area contributed by atoms with Gasteiger partial charge in [0.2, 0.25) is 12.7 Å². The van der Waals surface area contributed by atoms with Crippen LogP contribution in [-0.2, 0) is 28.9 Å². The van der Waals surface area contributed by atoms with E-state index in [-0.39, 0.29) is 37.5 Å². The van der Waals surface area contributed by atoms with Gasteiger partial charge in [0.15, 0.2) is 11.5 Å². The third-order valence-corrected chi connectivity index (χ3v) is 6.48. The molecule has 0 spiro atoms. The Morgan fingerprint density at radius 1 is 1.26 bits per heavy atom.